The topological polar surface area (TPSA) is 49.3 Å². The summed E-state index contributed by atoms with van der Waals surface area (Å²) >= 11 is 0. The Labute approximate surface area is 131 Å². The molecular formula is C19H21NO2. The lowest BCUT2D eigenvalue weighted by Crippen LogP contribution is -2.31. The molecule has 22 heavy (non-hydrogen) atoms. The first-order chi connectivity index (χ1) is 10.7. The number of hydrogen-bond donors (Lipinski definition) is 2. The molecule has 0 heterocycles. The maximum atomic E-state index is 10.9. The molecule has 3 rings (SSSR count). The van der Waals surface area contributed by atoms with Crippen LogP contribution in [0.4, 0.5) is 0 Å². The van der Waals surface area contributed by atoms with E-state index in [9.17, 15) is 4.79 Å². The van der Waals surface area contributed by atoms with Gasteiger partial charge in [0.15, 0.2) is 0 Å². The maximum absolute atomic E-state index is 10.9. The lowest BCUT2D eigenvalue weighted by atomic mass is 9.71. The Bertz CT molecular complexity index is 633. The highest BCUT2D eigenvalue weighted by atomic mass is 16.4. The van der Waals surface area contributed by atoms with E-state index in [0.29, 0.717) is 11.5 Å². The van der Waals surface area contributed by atoms with Crippen LogP contribution >= 0.6 is 0 Å². The van der Waals surface area contributed by atoms with Crippen LogP contribution in [0, 0.1) is 5.92 Å². The number of rotatable bonds is 6. The fourth-order valence-electron chi connectivity index (χ4n) is 3.13. The van der Waals surface area contributed by atoms with Crippen molar-refractivity contribution in [2.75, 3.05) is 6.54 Å². The molecule has 1 fully saturated rings. The molecule has 2 aromatic carbocycles. The van der Waals surface area contributed by atoms with Gasteiger partial charge in [0.2, 0.25) is 0 Å². The van der Waals surface area contributed by atoms with E-state index < -0.39 is 5.97 Å². The van der Waals surface area contributed by atoms with Crippen molar-refractivity contribution in [1.29, 1.82) is 0 Å². The Morgan fingerprint density at radius 2 is 1.86 bits per heavy atom. The van der Waals surface area contributed by atoms with E-state index in [1.807, 2.05) is 6.07 Å². The third kappa shape index (κ3) is 3.55. The molecule has 0 aliphatic heterocycles. The molecule has 0 saturated heterocycles. The van der Waals surface area contributed by atoms with Gasteiger partial charge >= 0.3 is 5.97 Å². The predicted molar refractivity (Wildman–Crippen MR) is 87.0 cm³/mol. The molecule has 3 nitrogen and oxygen atoms in total. The fourth-order valence-corrected chi connectivity index (χ4v) is 3.13. The fraction of sp³-hybridized carbons (Fsp3) is 0.316. The molecule has 0 amide bonds. The molecule has 1 aliphatic carbocycles. The van der Waals surface area contributed by atoms with Gasteiger partial charge in [-0.3, -0.25) is 0 Å². The first kappa shape index (κ1) is 14.8. The monoisotopic (exact) mass is 295 g/mol. The van der Waals surface area contributed by atoms with Gasteiger partial charge in [-0.05, 0) is 54.5 Å². The molecule has 0 spiro atoms. The summed E-state index contributed by atoms with van der Waals surface area (Å²) in [5.41, 5.74) is 2.83. The Kier molecular flexibility index (Phi) is 4.54. The Morgan fingerprint density at radius 3 is 2.59 bits per heavy atom. The summed E-state index contributed by atoms with van der Waals surface area (Å²) in [5.74, 6) is 0.572. The van der Waals surface area contributed by atoms with Crippen LogP contribution in [-0.2, 0) is 6.54 Å². The minimum absolute atomic E-state index is 0.354. The average molecular weight is 295 g/mol. The molecule has 0 bridgehead atoms. The molecule has 2 N–H and O–H groups in total. The number of aromatic carboxylic acids is 1. The van der Waals surface area contributed by atoms with E-state index >= 15 is 0 Å². The van der Waals surface area contributed by atoms with Gasteiger partial charge in [0, 0.05) is 6.54 Å². The van der Waals surface area contributed by atoms with Gasteiger partial charge in [-0.1, -0.05) is 42.5 Å². The quantitative estimate of drug-likeness (QED) is 0.855. The highest BCUT2D eigenvalue weighted by Crippen LogP contribution is 2.40. The number of hydrogen-bond acceptors (Lipinski definition) is 2. The van der Waals surface area contributed by atoms with Crippen molar-refractivity contribution in [2.45, 2.75) is 25.3 Å². The number of carboxylic acid groups (broad SMARTS) is 1. The van der Waals surface area contributed by atoms with Crippen LogP contribution in [0.1, 0.15) is 40.2 Å². The molecule has 0 unspecified atom stereocenters. The Balaban J connectivity index is 1.42. The van der Waals surface area contributed by atoms with E-state index in [1.54, 1.807) is 18.2 Å². The largest absolute Gasteiger partial charge is 0.478 e. The van der Waals surface area contributed by atoms with Crippen LogP contribution in [-0.4, -0.2) is 17.6 Å². The van der Waals surface area contributed by atoms with Crippen LogP contribution in [0.5, 0.6) is 0 Å². The van der Waals surface area contributed by atoms with E-state index in [0.717, 1.165) is 24.6 Å². The molecule has 114 valence electrons. The predicted octanol–water partition coefficient (Wildman–Crippen LogP) is 3.67. The first-order valence-electron chi connectivity index (χ1n) is 7.80. The van der Waals surface area contributed by atoms with Crippen molar-refractivity contribution in [3.63, 3.8) is 0 Å². The lowest BCUT2D eigenvalue weighted by molar-refractivity contribution is 0.0696. The molecular weight excluding hydrogens is 274 g/mol. The van der Waals surface area contributed by atoms with Crippen molar-refractivity contribution in [2.24, 2.45) is 5.92 Å². The van der Waals surface area contributed by atoms with Gasteiger partial charge in [-0.2, -0.15) is 0 Å². The molecule has 1 saturated carbocycles. The highest BCUT2D eigenvalue weighted by Gasteiger charge is 2.29. The molecule has 0 radical (unpaired) electrons. The minimum atomic E-state index is -0.869. The number of carboxylic acids is 1. The van der Waals surface area contributed by atoms with Crippen molar-refractivity contribution in [3.8, 4) is 0 Å². The standard InChI is InChI=1S/C19H21NO2/c21-19(22)17-8-4-5-14(9-17)12-20-13-15-10-18(11-15)16-6-2-1-3-7-16/h1-9,15,18,20H,10-13H2,(H,21,22). The van der Waals surface area contributed by atoms with E-state index in [4.69, 9.17) is 5.11 Å². The van der Waals surface area contributed by atoms with Crippen LogP contribution in [0.25, 0.3) is 0 Å². The summed E-state index contributed by atoms with van der Waals surface area (Å²) in [5, 5.41) is 12.4. The summed E-state index contributed by atoms with van der Waals surface area (Å²) in [4.78, 5) is 10.9. The summed E-state index contributed by atoms with van der Waals surface area (Å²) < 4.78 is 0. The lowest BCUT2D eigenvalue weighted by Gasteiger charge is -2.36. The number of carbonyl (C=O) groups is 1. The smallest absolute Gasteiger partial charge is 0.335 e. The second kappa shape index (κ2) is 6.75. The van der Waals surface area contributed by atoms with Gasteiger partial charge in [0.05, 0.1) is 5.56 Å². The van der Waals surface area contributed by atoms with Crippen LogP contribution in [0.2, 0.25) is 0 Å². The third-order valence-corrected chi connectivity index (χ3v) is 4.44. The van der Waals surface area contributed by atoms with Crippen molar-refractivity contribution in [1.82, 2.24) is 5.32 Å². The second-order valence-corrected chi connectivity index (χ2v) is 6.08. The third-order valence-electron chi connectivity index (χ3n) is 4.44. The summed E-state index contributed by atoms with van der Waals surface area (Å²) in [7, 11) is 0. The second-order valence-electron chi connectivity index (χ2n) is 6.08. The van der Waals surface area contributed by atoms with Crippen molar-refractivity contribution >= 4 is 5.97 Å². The summed E-state index contributed by atoms with van der Waals surface area (Å²) in [6.07, 6.45) is 2.48. The van der Waals surface area contributed by atoms with Gasteiger partial charge < -0.3 is 10.4 Å². The van der Waals surface area contributed by atoms with Gasteiger partial charge in [-0.15, -0.1) is 0 Å². The average Bonchev–Trinajstić information content (AvgIpc) is 2.50. The number of nitrogens with one attached hydrogen (secondary N) is 1. The van der Waals surface area contributed by atoms with Crippen LogP contribution < -0.4 is 5.32 Å². The summed E-state index contributed by atoms with van der Waals surface area (Å²) in [6.45, 7) is 1.73. The van der Waals surface area contributed by atoms with E-state index in [1.165, 1.54) is 18.4 Å². The van der Waals surface area contributed by atoms with Crippen LogP contribution in [0.3, 0.4) is 0 Å². The Hall–Kier alpha value is -2.13. The zero-order valence-electron chi connectivity index (χ0n) is 12.5. The van der Waals surface area contributed by atoms with E-state index in [-0.39, 0.29) is 0 Å². The Morgan fingerprint density at radius 1 is 1.09 bits per heavy atom. The SMILES string of the molecule is O=C(O)c1cccc(CNCC2CC(c3ccccc3)C2)c1. The first-order valence-corrected chi connectivity index (χ1v) is 7.80. The zero-order chi connectivity index (χ0) is 15.4. The maximum Gasteiger partial charge on any atom is 0.335 e. The molecule has 1 aliphatic rings. The van der Waals surface area contributed by atoms with Gasteiger partial charge in [-0.25, -0.2) is 4.79 Å². The minimum Gasteiger partial charge on any atom is -0.478 e. The molecule has 0 aromatic heterocycles. The van der Waals surface area contributed by atoms with Gasteiger partial charge in [0.1, 0.15) is 0 Å². The molecule has 3 heteroatoms. The number of benzene rings is 2. The molecule has 0 atom stereocenters. The van der Waals surface area contributed by atoms with Crippen molar-refractivity contribution in [3.05, 3.63) is 71.3 Å². The van der Waals surface area contributed by atoms with Crippen LogP contribution in [0.15, 0.2) is 54.6 Å². The zero-order valence-corrected chi connectivity index (χ0v) is 12.5. The van der Waals surface area contributed by atoms with Crippen molar-refractivity contribution < 1.29 is 9.90 Å². The summed E-state index contributed by atoms with van der Waals surface area (Å²) in [6, 6.07) is 17.8. The highest BCUT2D eigenvalue weighted by molar-refractivity contribution is 5.87. The van der Waals surface area contributed by atoms with E-state index in [2.05, 4.69) is 35.6 Å². The van der Waals surface area contributed by atoms with Gasteiger partial charge in [0.25, 0.3) is 0 Å². The normalized spacial score (nSPS) is 20.4. The molecule has 2 aromatic rings.